The lowest BCUT2D eigenvalue weighted by molar-refractivity contribution is -0.137. The number of carbonyl (C=O) groups is 2. The second kappa shape index (κ2) is 8.53. The third kappa shape index (κ3) is 7.46. The zero-order valence-electron chi connectivity index (χ0n) is 10.4. The quantitative estimate of drug-likeness (QED) is 0.568. The minimum Gasteiger partial charge on any atom is -0.481 e. The van der Waals surface area contributed by atoms with Crippen molar-refractivity contribution in [2.24, 2.45) is 0 Å². The van der Waals surface area contributed by atoms with Gasteiger partial charge in [-0.15, -0.1) is 11.8 Å². The van der Waals surface area contributed by atoms with Crippen LogP contribution in [0.25, 0.3) is 0 Å². The Hall–Kier alpha value is -1.56. The van der Waals surface area contributed by atoms with Gasteiger partial charge in [-0.05, 0) is 30.7 Å². The van der Waals surface area contributed by atoms with Crippen molar-refractivity contribution >= 4 is 23.6 Å². The van der Waals surface area contributed by atoms with Gasteiger partial charge in [-0.25, -0.2) is 4.39 Å². The molecule has 1 amide bonds. The minimum absolute atomic E-state index is 0.0601. The second-order valence-corrected chi connectivity index (χ2v) is 5.07. The van der Waals surface area contributed by atoms with Crippen molar-refractivity contribution in [1.29, 1.82) is 0 Å². The van der Waals surface area contributed by atoms with E-state index in [-0.39, 0.29) is 18.1 Å². The molecule has 0 fully saturated rings. The number of halogens is 1. The minimum atomic E-state index is -0.860. The Kier molecular flexibility index (Phi) is 6.95. The summed E-state index contributed by atoms with van der Waals surface area (Å²) in [7, 11) is 0. The molecule has 0 aliphatic rings. The Bertz CT molecular complexity index is 422. The van der Waals surface area contributed by atoms with E-state index in [1.54, 1.807) is 12.1 Å². The molecule has 1 aromatic rings. The maximum Gasteiger partial charge on any atom is 0.303 e. The highest BCUT2D eigenvalue weighted by atomic mass is 32.2. The normalized spacial score (nSPS) is 10.2. The van der Waals surface area contributed by atoms with Gasteiger partial charge in [0.25, 0.3) is 0 Å². The largest absolute Gasteiger partial charge is 0.481 e. The molecular weight excluding hydrogens is 269 g/mol. The highest BCUT2D eigenvalue weighted by Gasteiger charge is 2.03. The fourth-order valence-electron chi connectivity index (χ4n) is 1.35. The molecule has 0 radical (unpaired) electrons. The SMILES string of the molecule is O=C(O)CCCNC(=O)CCSc1ccc(F)cc1. The average molecular weight is 285 g/mol. The molecule has 6 heteroatoms. The van der Waals surface area contributed by atoms with Crippen molar-refractivity contribution in [1.82, 2.24) is 5.32 Å². The van der Waals surface area contributed by atoms with Crippen LogP contribution in [0.1, 0.15) is 19.3 Å². The molecule has 4 nitrogen and oxygen atoms in total. The third-order valence-corrected chi connectivity index (χ3v) is 3.31. The monoisotopic (exact) mass is 285 g/mol. The standard InChI is InChI=1S/C13H16FNO3S/c14-10-3-5-11(6-4-10)19-9-7-12(16)15-8-1-2-13(17)18/h3-6H,1-2,7-9H2,(H,15,16)(H,17,18). The molecule has 0 unspecified atom stereocenters. The first-order chi connectivity index (χ1) is 9.08. The van der Waals surface area contributed by atoms with E-state index in [0.717, 1.165) is 4.90 Å². The van der Waals surface area contributed by atoms with Gasteiger partial charge in [0.1, 0.15) is 5.82 Å². The molecule has 0 saturated heterocycles. The zero-order valence-corrected chi connectivity index (χ0v) is 11.2. The number of hydrogen-bond donors (Lipinski definition) is 2. The van der Waals surface area contributed by atoms with E-state index in [9.17, 15) is 14.0 Å². The first-order valence-corrected chi connectivity index (χ1v) is 6.93. The summed E-state index contributed by atoms with van der Waals surface area (Å²) in [5.41, 5.74) is 0. The maximum atomic E-state index is 12.7. The first kappa shape index (κ1) is 15.5. The van der Waals surface area contributed by atoms with Crippen LogP contribution in [-0.4, -0.2) is 29.3 Å². The summed E-state index contributed by atoms with van der Waals surface area (Å²) in [5.74, 6) is -0.627. The summed E-state index contributed by atoms with van der Waals surface area (Å²) in [6.45, 7) is 0.381. The Labute approximate surface area is 115 Å². The van der Waals surface area contributed by atoms with Crippen LogP contribution in [0.3, 0.4) is 0 Å². The molecule has 0 aliphatic carbocycles. The van der Waals surface area contributed by atoms with Crippen LogP contribution in [0.5, 0.6) is 0 Å². The van der Waals surface area contributed by atoms with Gasteiger partial charge in [-0.2, -0.15) is 0 Å². The molecule has 0 bridgehead atoms. The predicted octanol–water partition coefficient (Wildman–Crippen LogP) is 2.29. The van der Waals surface area contributed by atoms with Crippen molar-refractivity contribution in [2.45, 2.75) is 24.2 Å². The average Bonchev–Trinajstić information content (AvgIpc) is 2.37. The Morgan fingerprint density at radius 3 is 2.53 bits per heavy atom. The summed E-state index contributed by atoms with van der Waals surface area (Å²) in [5, 5.41) is 11.1. The number of rotatable bonds is 8. The molecule has 0 atom stereocenters. The van der Waals surface area contributed by atoms with Gasteiger partial charge in [0.2, 0.25) is 5.91 Å². The van der Waals surface area contributed by atoms with E-state index in [1.165, 1.54) is 23.9 Å². The molecule has 0 heterocycles. The summed E-state index contributed by atoms with van der Waals surface area (Å²) >= 11 is 1.48. The lowest BCUT2D eigenvalue weighted by atomic mass is 10.3. The van der Waals surface area contributed by atoms with E-state index in [0.29, 0.717) is 25.1 Å². The highest BCUT2D eigenvalue weighted by molar-refractivity contribution is 7.99. The van der Waals surface area contributed by atoms with E-state index in [4.69, 9.17) is 5.11 Å². The molecule has 0 spiro atoms. The van der Waals surface area contributed by atoms with E-state index in [1.807, 2.05) is 0 Å². The molecule has 1 rings (SSSR count). The lowest BCUT2D eigenvalue weighted by Crippen LogP contribution is -2.25. The fourth-order valence-corrected chi connectivity index (χ4v) is 2.20. The topological polar surface area (TPSA) is 66.4 Å². The van der Waals surface area contributed by atoms with Gasteiger partial charge < -0.3 is 10.4 Å². The van der Waals surface area contributed by atoms with E-state index in [2.05, 4.69) is 5.32 Å². The highest BCUT2D eigenvalue weighted by Crippen LogP contribution is 2.18. The smallest absolute Gasteiger partial charge is 0.303 e. The van der Waals surface area contributed by atoms with Crippen LogP contribution < -0.4 is 5.32 Å². The van der Waals surface area contributed by atoms with Crippen LogP contribution in [0.15, 0.2) is 29.2 Å². The molecule has 104 valence electrons. The lowest BCUT2D eigenvalue weighted by Gasteiger charge is -2.04. The van der Waals surface area contributed by atoms with Crippen molar-refractivity contribution in [2.75, 3.05) is 12.3 Å². The first-order valence-electron chi connectivity index (χ1n) is 5.95. The molecule has 0 aromatic heterocycles. The summed E-state index contributed by atoms with van der Waals surface area (Å²) in [4.78, 5) is 22.6. The number of carboxylic acid groups (broad SMARTS) is 1. The van der Waals surface area contributed by atoms with Crippen LogP contribution >= 0.6 is 11.8 Å². The van der Waals surface area contributed by atoms with Gasteiger partial charge in [-0.3, -0.25) is 9.59 Å². The van der Waals surface area contributed by atoms with Crippen LogP contribution in [0, 0.1) is 5.82 Å². The molecule has 0 saturated carbocycles. The van der Waals surface area contributed by atoms with Crippen LogP contribution in [0.4, 0.5) is 4.39 Å². The molecule has 1 aromatic carbocycles. The molecule has 0 aliphatic heterocycles. The number of carboxylic acids is 1. The number of hydrogen-bond acceptors (Lipinski definition) is 3. The van der Waals surface area contributed by atoms with E-state index < -0.39 is 5.97 Å². The number of amides is 1. The van der Waals surface area contributed by atoms with E-state index >= 15 is 0 Å². The number of carbonyl (C=O) groups excluding carboxylic acids is 1. The Morgan fingerprint density at radius 2 is 1.89 bits per heavy atom. The number of aliphatic carboxylic acids is 1. The van der Waals surface area contributed by atoms with Crippen molar-refractivity contribution in [3.63, 3.8) is 0 Å². The summed E-state index contributed by atoms with van der Waals surface area (Å²) in [6, 6.07) is 6.11. The van der Waals surface area contributed by atoms with Crippen molar-refractivity contribution < 1.29 is 19.1 Å². The van der Waals surface area contributed by atoms with Gasteiger partial charge in [0.05, 0.1) is 0 Å². The van der Waals surface area contributed by atoms with Gasteiger partial charge in [-0.1, -0.05) is 0 Å². The predicted molar refractivity (Wildman–Crippen MR) is 71.6 cm³/mol. The number of benzene rings is 1. The zero-order chi connectivity index (χ0) is 14.1. The second-order valence-electron chi connectivity index (χ2n) is 3.90. The van der Waals surface area contributed by atoms with Gasteiger partial charge >= 0.3 is 5.97 Å². The summed E-state index contributed by atoms with van der Waals surface area (Å²) < 4.78 is 12.7. The van der Waals surface area contributed by atoms with Gasteiger partial charge in [0, 0.05) is 30.0 Å². The molecule has 2 N–H and O–H groups in total. The molecular formula is C13H16FNO3S. The number of nitrogens with one attached hydrogen (secondary N) is 1. The Morgan fingerprint density at radius 1 is 1.21 bits per heavy atom. The van der Waals surface area contributed by atoms with Crippen LogP contribution in [-0.2, 0) is 9.59 Å². The van der Waals surface area contributed by atoms with Crippen LogP contribution in [0.2, 0.25) is 0 Å². The number of thioether (sulfide) groups is 1. The molecule has 19 heavy (non-hydrogen) atoms. The third-order valence-electron chi connectivity index (χ3n) is 2.30. The van der Waals surface area contributed by atoms with Crippen molar-refractivity contribution in [3.8, 4) is 0 Å². The fraction of sp³-hybridized carbons (Fsp3) is 0.385. The summed E-state index contributed by atoms with van der Waals surface area (Å²) in [6.07, 6.45) is 0.853. The van der Waals surface area contributed by atoms with Gasteiger partial charge in [0.15, 0.2) is 0 Å². The maximum absolute atomic E-state index is 12.7. The van der Waals surface area contributed by atoms with Crippen molar-refractivity contribution in [3.05, 3.63) is 30.1 Å². The Balaban J connectivity index is 2.10.